The van der Waals surface area contributed by atoms with Crippen LogP contribution in [0.1, 0.15) is 47.3 Å². The first-order chi connectivity index (χ1) is 14.7. The third kappa shape index (κ3) is 4.26. The summed E-state index contributed by atoms with van der Waals surface area (Å²) < 4.78 is 28.8. The van der Waals surface area contributed by atoms with Crippen molar-refractivity contribution in [2.75, 3.05) is 11.4 Å². The number of aromatic nitrogens is 1. The molecule has 0 atom stereocenters. The molecule has 0 saturated heterocycles. The summed E-state index contributed by atoms with van der Waals surface area (Å²) in [5, 5.41) is 3.71. The lowest BCUT2D eigenvalue weighted by Gasteiger charge is -2.32. The van der Waals surface area contributed by atoms with E-state index in [1.54, 1.807) is 13.0 Å². The highest BCUT2D eigenvalue weighted by Gasteiger charge is 2.53. The first-order valence-corrected chi connectivity index (χ1v) is 10.8. The molecule has 31 heavy (non-hydrogen) atoms. The van der Waals surface area contributed by atoms with E-state index < -0.39 is 11.8 Å². The summed E-state index contributed by atoms with van der Waals surface area (Å²) in [5.74, 6) is -4.90. The third-order valence-corrected chi connectivity index (χ3v) is 6.47. The van der Waals surface area contributed by atoms with E-state index in [0.29, 0.717) is 47.0 Å². The summed E-state index contributed by atoms with van der Waals surface area (Å²) in [6.07, 6.45) is 4.31. The maximum atomic E-state index is 14.4. The van der Waals surface area contributed by atoms with Crippen LogP contribution < -0.4 is 10.2 Å². The second kappa shape index (κ2) is 8.36. The molecule has 2 amide bonds. The Morgan fingerprint density at radius 3 is 2.61 bits per heavy atom. The van der Waals surface area contributed by atoms with Gasteiger partial charge in [0, 0.05) is 23.8 Å². The van der Waals surface area contributed by atoms with E-state index in [0.717, 1.165) is 4.90 Å². The number of hydrogen-bond acceptors (Lipinski definition) is 3. The van der Waals surface area contributed by atoms with Gasteiger partial charge in [-0.05, 0) is 62.8 Å². The largest absolute Gasteiger partial charge is 0.352 e. The molecule has 0 radical (unpaired) electrons. The Morgan fingerprint density at radius 1 is 1.19 bits per heavy atom. The lowest BCUT2D eigenvalue weighted by atomic mass is 9.85. The first-order valence-electron chi connectivity index (χ1n) is 10.1. The van der Waals surface area contributed by atoms with Crippen LogP contribution in [0.25, 0.3) is 0 Å². The lowest BCUT2D eigenvalue weighted by molar-refractivity contribution is -0.141. The zero-order chi connectivity index (χ0) is 22.3. The Morgan fingerprint density at radius 2 is 1.90 bits per heavy atom. The summed E-state index contributed by atoms with van der Waals surface area (Å²) in [6.45, 7) is 1.95. The predicted molar refractivity (Wildman–Crippen MR) is 115 cm³/mol. The number of anilines is 1. The van der Waals surface area contributed by atoms with Crippen molar-refractivity contribution < 1.29 is 18.4 Å². The molecule has 1 aliphatic heterocycles. The highest BCUT2D eigenvalue weighted by Crippen LogP contribution is 2.46. The number of fused-ring (bicyclic) bond motifs is 1. The molecule has 0 bridgehead atoms. The Balaban J connectivity index is 1.38. The number of aryl methyl sites for hydroxylation is 1. The van der Waals surface area contributed by atoms with Gasteiger partial charge in [0.25, 0.3) is 5.91 Å². The average molecular weight is 468 g/mol. The molecule has 5 nitrogen and oxygen atoms in total. The molecule has 1 fully saturated rings. The summed E-state index contributed by atoms with van der Waals surface area (Å²) in [6, 6.07) is 5.57. The molecular formula is C22H21Cl2F2N3O2. The van der Waals surface area contributed by atoms with Crippen LogP contribution in [0.3, 0.4) is 0 Å². The second-order valence-electron chi connectivity index (χ2n) is 8.13. The van der Waals surface area contributed by atoms with E-state index in [4.69, 9.17) is 23.2 Å². The number of benzene rings is 1. The maximum absolute atomic E-state index is 14.4. The number of carbonyl (C=O) groups excluding carboxylic acids is 2. The van der Waals surface area contributed by atoms with Gasteiger partial charge < -0.3 is 10.2 Å². The number of halogens is 4. The van der Waals surface area contributed by atoms with E-state index in [9.17, 15) is 18.4 Å². The van der Waals surface area contributed by atoms with Crippen LogP contribution >= 0.6 is 23.2 Å². The number of rotatable bonds is 4. The van der Waals surface area contributed by atoms with Gasteiger partial charge in [0.2, 0.25) is 0 Å². The molecule has 1 aromatic heterocycles. The second-order valence-corrected chi connectivity index (χ2v) is 9.00. The van der Waals surface area contributed by atoms with Gasteiger partial charge in [-0.2, -0.15) is 8.78 Å². The molecule has 2 aliphatic rings. The van der Waals surface area contributed by atoms with Crippen LogP contribution in [0.5, 0.6) is 0 Å². The number of amides is 2. The number of hydrogen-bond donors (Lipinski definition) is 1. The van der Waals surface area contributed by atoms with Gasteiger partial charge in [0.15, 0.2) is 0 Å². The monoisotopic (exact) mass is 467 g/mol. The zero-order valence-corrected chi connectivity index (χ0v) is 18.3. The van der Waals surface area contributed by atoms with Crippen molar-refractivity contribution in [1.29, 1.82) is 0 Å². The lowest BCUT2D eigenvalue weighted by Crippen LogP contribution is -2.42. The molecule has 1 aliphatic carbocycles. The van der Waals surface area contributed by atoms with Crippen LogP contribution in [0.4, 0.5) is 14.5 Å². The van der Waals surface area contributed by atoms with Gasteiger partial charge in [-0.1, -0.05) is 23.2 Å². The average Bonchev–Trinajstić information content (AvgIpc) is 2.91. The van der Waals surface area contributed by atoms with E-state index in [1.807, 2.05) is 0 Å². The normalized spacial score (nSPS) is 22.4. The van der Waals surface area contributed by atoms with Crippen molar-refractivity contribution >= 4 is 40.7 Å². The predicted octanol–water partition coefficient (Wildman–Crippen LogP) is 5.12. The molecule has 0 spiro atoms. The van der Waals surface area contributed by atoms with Crippen LogP contribution in [-0.4, -0.2) is 29.4 Å². The number of nitrogens with one attached hydrogen (secondary N) is 1. The Hall–Kier alpha value is -2.25. The van der Waals surface area contributed by atoms with Gasteiger partial charge >= 0.3 is 11.8 Å². The molecule has 1 saturated carbocycles. The maximum Gasteiger partial charge on any atom is 0.352 e. The minimum Gasteiger partial charge on any atom is -0.349 e. The number of pyridine rings is 1. The Labute approximate surface area is 188 Å². The quantitative estimate of drug-likeness (QED) is 0.678. The minimum absolute atomic E-state index is 0.0282. The highest BCUT2D eigenvalue weighted by atomic mass is 35.5. The third-order valence-electron chi connectivity index (χ3n) is 6.02. The van der Waals surface area contributed by atoms with Crippen LogP contribution in [0.15, 0.2) is 30.5 Å². The van der Waals surface area contributed by atoms with Crippen molar-refractivity contribution in [2.45, 2.75) is 44.6 Å². The Bertz CT molecular complexity index is 1040. The SMILES string of the molecule is Cc1ncc(Cl)cc1C(=O)N[C@H]1CC[C@H](CN2C(=O)C(F)(F)c3ccc(Cl)cc32)CC1. The molecule has 4 rings (SSSR count). The number of nitrogens with zero attached hydrogens (tertiary/aromatic N) is 2. The van der Waals surface area contributed by atoms with Crippen molar-refractivity contribution in [1.82, 2.24) is 10.3 Å². The van der Waals surface area contributed by atoms with Crippen LogP contribution in [-0.2, 0) is 10.7 Å². The van der Waals surface area contributed by atoms with Crippen molar-refractivity contribution in [3.63, 3.8) is 0 Å². The summed E-state index contributed by atoms with van der Waals surface area (Å²) in [7, 11) is 0. The van der Waals surface area contributed by atoms with Gasteiger partial charge in [0.1, 0.15) is 0 Å². The minimum atomic E-state index is -3.53. The van der Waals surface area contributed by atoms with Gasteiger partial charge in [-0.3, -0.25) is 14.6 Å². The topological polar surface area (TPSA) is 62.3 Å². The fraction of sp³-hybridized carbons (Fsp3) is 0.409. The summed E-state index contributed by atoms with van der Waals surface area (Å²) >= 11 is 11.9. The molecule has 1 N–H and O–H groups in total. The van der Waals surface area contributed by atoms with E-state index in [-0.39, 0.29) is 35.7 Å². The van der Waals surface area contributed by atoms with Crippen LogP contribution in [0.2, 0.25) is 10.0 Å². The Kier molecular flexibility index (Phi) is 5.92. The summed E-state index contributed by atoms with van der Waals surface area (Å²) in [5.41, 5.74) is 0.921. The molecule has 0 unspecified atom stereocenters. The van der Waals surface area contributed by atoms with Gasteiger partial charge in [-0.15, -0.1) is 0 Å². The van der Waals surface area contributed by atoms with E-state index in [2.05, 4.69) is 10.3 Å². The smallest absolute Gasteiger partial charge is 0.349 e. The van der Waals surface area contributed by atoms with Crippen LogP contribution in [0, 0.1) is 12.8 Å². The first kappa shape index (κ1) is 22.0. The molecule has 1 aromatic carbocycles. The van der Waals surface area contributed by atoms with Crippen molar-refractivity contribution in [3.05, 3.63) is 57.3 Å². The van der Waals surface area contributed by atoms with E-state index >= 15 is 0 Å². The molecule has 9 heteroatoms. The summed E-state index contributed by atoms with van der Waals surface area (Å²) in [4.78, 5) is 30.2. The fourth-order valence-corrected chi connectivity index (χ4v) is 4.64. The zero-order valence-electron chi connectivity index (χ0n) is 16.8. The molecule has 164 valence electrons. The number of carbonyl (C=O) groups is 2. The van der Waals surface area contributed by atoms with Gasteiger partial charge in [-0.25, -0.2) is 0 Å². The van der Waals surface area contributed by atoms with Crippen molar-refractivity contribution in [3.8, 4) is 0 Å². The van der Waals surface area contributed by atoms with Gasteiger partial charge in [0.05, 0.1) is 27.5 Å². The highest BCUT2D eigenvalue weighted by molar-refractivity contribution is 6.31. The van der Waals surface area contributed by atoms with E-state index in [1.165, 1.54) is 24.4 Å². The molecule has 2 aromatic rings. The molecule has 2 heterocycles. The number of alkyl halides is 2. The molecular weight excluding hydrogens is 447 g/mol. The fourth-order valence-electron chi connectivity index (χ4n) is 4.32. The standard InChI is InChI=1S/C22H21Cl2F2N3O2/c1-12-17(8-15(24)10-27-12)20(30)28-16-5-2-13(3-6-16)11-29-19-9-14(23)4-7-18(19)22(25,26)21(29)31/h4,7-10,13,16H,2-3,5-6,11H2,1H3,(H,28,30)/t13-,16-. The van der Waals surface area contributed by atoms with Crippen molar-refractivity contribution in [2.24, 2.45) is 5.92 Å².